The molecule has 8 heteroatoms. The summed E-state index contributed by atoms with van der Waals surface area (Å²) >= 11 is 0. The number of likely N-dealkylation sites (tertiary alicyclic amines) is 1. The topological polar surface area (TPSA) is 36.9 Å². The monoisotopic (exact) mass is 463 g/mol. The third-order valence-electron chi connectivity index (χ3n) is 4.88. The van der Waals surface area contributed by atoms with Gasteiger partial charge in [0.2, 0.25) is 0 Å². The highest BCUT2D eigenvalue weighted by atomic mass is 127. The number of nitrogens with one attached hydrogen (secondary N) is 1. The molecule has 2 fully saturated rings. The van der Waals surface area contributed by atoms with Crippen molar-refractivity contribution in [3.05, 3.63) is 0 Å². The predicted molar refractivity (Wildman–Crippen MR) is 100.0 cm³/mol. The molecule has 1 saturated carbocycles. The zero-order valence-corrected chi connectivity index (χ0v) is 16.7. The Kier molecular flexibility index (Phi) is 9.11. The molecular weight excluding hydrogens is 434 g/mol. The molecule has 1 aliphatic heterocycles. The number of nitrogens with zero attached hydrogens (tertiary/aromatic N) is 2. The van der Waals surface area contributed by atoms with Gasteiger partial charge in [0.05, 0.1) is 0 Å². The number of aliphatic imine (C=N–C) groups is 1. The van der Waals surface area contributed by atoms with Crippen LogP contribution in [-0.4, -0.2) is 56.9 Å². The van der Waals surface area contributed by atoms with Crippen molar-refractivity contribution in [3.63, 3.8) is 0 Å². The molecule has 142 valence electrons. The van der Waals surface area contributed by atoms with Crippen molar-refractivity contribution in [1.82, 2.24) is 10.2 Å². The normalized spacial score (nSPS) is 21.0. The fourth-order valence-corrected chi connectivity index (χ4v) is 3.72. The first-order chi connectivity index (χ1) is 10.9. The van der Waals surface area contributed by atoms with Crippen LogP contribution in [0.2, 0.25) is 0 Å². The molecule has 1 spiro atoms. The highest BCUT2D eigenvalue weighted by molar-refractivity contribution is 14.0. The van der Waals surface area contributed by atoms with E-state index in [1.165, 1.54) is 38.5 Å². The highest BCUT2D eigenvalue weighted by Gasteiger charge is 2.39. The van der Waals surface area contributed by atoms with Gasteiger partial charge in [0.1, 0.15) is 6.61 Å². The van der Waals surface area contributed by atoms with Crippen LogP contribution in [0.1, 0.15) is 44.9 Å². The van der Waals surface area contributed by atoms with Crippen LogP contribution >= 0.6 is 24.0 Å². The quantitative estimate of drug-likeness (QED) is 0.292. The van der Waals surface area contributed by atoms with Crippen molar-refractivity contribution in [2.45, 2.75) is 51.1 Å². The minimum atomic E-state index is -4.24. The Hall–Kier alpha value is -0.250. The molecule has 24 heavy (non-hydrogen) atoms. The summed E-state index contributed by atoms with van der Waals surface area (Å²) in [6.45, 7) is 1.58. The fraction of sp³-hybridized carbons (Fsp3) is 0.938. The van der Waals surface area contributed by atoms with Crippen molar-refractivity contribution < 1.29 is 17.9 Å². The number of ether oxygens (including phenoxy) is 1. The molecule has 0 aromatic heterocycles. The van der Waals surface area contributed by atoms with E-state index >= 15 is 0 Å². The highest BCUT2D eigenvalue weighted by Crippen LogP contribution is 2.43. The van der Waals surface area contributed by atoms with E-state index < -0.39 is 12.8 Å². The summed E-state index contributed by atoms with van der Waals surface area (Å²) in [5, 5.41) is 3.25. The van der Waals surface area contributed by atoms with Gasteiger partial charge in [0, 0.05) is 33.3 Å². The van der Waals surface area contributed by atoms with Gasteiger partial charge in [-0.25, -0.2) is 0 Å². The van der Waals surface area contributed by atoms with Crippen LogP contribution in [-0.2, 0) is 4.74 Å². The van der Waals surface area contributed by atoms with Gasteiger partial charge in [0.25, 0.3) is 0 Å². The zero-order valence-electron chi connectivity index (χ0n) is 14.3. The molecule has 0 atom stereocenters. The molecule has 1 saturated heterocycles. The van der Waals surface area contributed by atoms with E-state index in [1.807, 2.05) is 0 Å². The van der Waals surface area contributed by atoms with Gasteiger partial charge < -0.3 is 15.0 Å². The van der Waals surface area contributed by atoms with Gasteiger partial charge in [-0.15, -0.1) is 24.0 Å². The Morgan fingerprint density at radius 3 is 2.54 bits per heavy atom. The first kappa shape index (κ1) is 21.8. The molecule has 2 aliphatic rings. The Labute approximate surface area is 159 Å². The van der Waals surface area contributed by atoms with Crippen molar-refractivity contribution in [2.24, 2.45) is 10.4 Å². The van der Waals surface area contributed by atoms with Crippen LogP contribution in [0.4, 0.5) is 13.2 Å². The van der Waals surface area contributed by atoms with Crippen molar-refractivity contribution in [3.8, 4) is 0 Å². The molecule has 0 bridgehead atoms. The lowest BCUT2D eigenvalue weighted by atomic mass is 9.73. The SMILES string of the molecule is CN=C(NCCCOCC(F)(F)F)N1CCC2(CCCCC2)C1.I. The van der Waals surface area contributed by atoms with Crippen molar-refractivity contribution in [1.29, 1.82) is 0 Å². The number of hydrogen-bond donors (Lipinski definition) is 1. The fourth-order valence-electron chi connectivity index (χ4n) is 3.72. The van der Waals surface area contributed by atoms with Gasteiger partial charge in [-0.2, -0.15) is 13.2 Å². The number of hydrogen-bond acceptors (Lipinski definition) is 2. The van der Waals surface area contributed by atoms with Crippen molar-refractivity contribution >= 4 is 29.9 Å². The number of halogens is 4. The van der Waals surface area contributed by atoms with Crippen LogP contribution in [0.15, 0.2) is 4.99 Å². The predicted octanol–water partition coefficient (Wildman–Crippen LogP) is 3.81. The molecule has 0 unspecified atom stereocenters. The van der Waals surface area contributed by atoms with Crippen LogP contribution in [0.25, 0.3) is 0 Å². The molecule has 2 rings (SSSR count). The molecule has 4 nitrogen and oxygen atoms in total. The van der Waals surface area contributed by atoms with Crippen LogP contribution in [0.3, 0.4) is 0 Å². The third-order valence-corrected chi connectivity index (χ3v) is 4.88. The zero-order chi connectivity index (χ0) is 16.8. The molecular formula is C16H29F3IN3O. The number of rotatable bonds is 5. The van der Waals surface area contributed by atoms with Crippen LogP contribution in [0, 0.1) is 5.41 Å². The summed E-state index contributed by atoms with van der Waals surface area (Å²) in [5.41, 5.74) is 0.464. The van der Waals surface area contributed by atoms with Gasteiger partial charge in [0.15, 0.2) is 5.96 Å². The summed E-state index contributed by atoms with van der Waals surface area (Å²) in [7, 11) is 1.76. The smallest absolute Gasteiger partial charge is 0.372 e. The third kappa shape index (κ3) is 6.93. The Morgan fingerprint density at radius 2 is 1.92 bits per heavy atom. The minimum Gasteiger partial charge on any atom is -0.372 e. The first-order valence-electron chi connectivity index (χ1n) is 8.54. The standard InChI is InChI=1S/C16H28F3N3O.HI/c1-20-14(21-9-5-11-23-13-16(17,18)19)22-10-8-15(12-22)6-3-2-4-7-15;/h2-13H2,1H3,(H,20,21);1H. The summed E-state index contributed by atoms with van der Waals surface area (Å²) < 4.78 is 40.5. The summed E-state index contributed by atoms with van der Waals surface area (Å²) in [4.78, 5) is 6.61. The maximum Gasteiger partial charge on any atom is 0.411 e. The Morgan fingerprint density at radius 1 is 1.21 bits per heavy atom. The summed E-state index contributed by atoms with van der Waals surface area (Å²) in [5.74, 6) is 0.864. The molecule has 0 aromatic rings. The molecule has 0 amide bonds. The minimum absolute atomic E-state index is 0. The lowest BCUT2D eigenvalue weighted by molar-refractivity contribution is -0.173. The summed E-state index contributed by atoms with van der Waals surface area (Å²) in [6.07, 6.45) is 4.15. The largest absolute Gasteiger partial charge is 0.411 e. The molecule has 0 aromatic carbocycles. The second kappa shape index (κ2) is 10.0. The van der Waals surface area contributed by atoms with Gasteiger partial charge >= 0.3 is 6.18 Å². The van der Waals surface area contributed by atoms with E-state index in [0.717, 1.165) is 19.0 Å². The average molecular weight is 463 g/mol. The molecule has 1 aliphatic carbocycles. The van der Waals surface area contributed by atoms with Gasteiger partial charge in [-0.3, -0.25) is 4.99 Å². The second-order valence-electron chi connectivity index (χ2n) is 6.73. The van der Waals surface area contributed by atoms with E-state index in [9.17, 15) is 13.2 Å². The van der Waals surface area contributed by atoms with E-state index in [4.69, 9.17) is 0 Å². The molecule has 1 N–H and O–H groups in total. The van der Waals surface area contributed by atoms with Crippen molar-refractivity contribution in [2.75, 3.05) is 39.9 Å². The van der Waals surface area contributed by atoms with Gasteiger partial charge in [-0.1, -0.05) is 19.3 Å². The van der Waals surface area contributed by atoms with Gasteiger partial charge in [-0.05, 0) is 31.1 Å². The molecule has 0 radical (unpaired) electrons. The number of alkyl halides is 3. The maximum absolute atomic E-state index is 12.0. The lowest BCUT2D eigenvalue weighted by Crippen LogP contribution is -2.42. The number of guanidine groups is 1. The Bertz CT molecular complexity index is 399. The average Bonchev–Trinajstić information content (AvgIpc) is 2.89. The van der Waals surface area contributed by atoms with E-state index in [1.54, 1.807) is 7.05 Å². The lowest BCUT2D eigenvalue weighted by Gasteiger charge is -2.33. The summed E-state index contributed by atoms with van der Waals surface area (Å²) in [6, 6.07) is 0. The van der Waals surface area contributed by atoms with E-state index in [-0.39, 0.29) is 30.6 Å². The first-order valence-corrected chi connectivity index (χ1v) is 8.54. The second-order valence-corrected chi connectivity index (χ2v) is 6.73. The Balaban J connectivity index is 0.00000288. The van der Waals surface area contributed by atoms with Crippen LogP contribution < -0.4 is 5.32 Å². The maximum atomic E-state index is 12.0. The van der Waals surface area contributed by atoms with Crippen LogP contribution in [0.5, 0.6) is 0 Å². The van der Waals surface area contributed by atoms with E-state index in [0.29, 0.717) is 18.4 Å². The molecule has 1 heterocycles. The van der Waals surface area contributed by atoms with E-state index in [2.05, 4.69) is 19.9 Å².